The molecule has 0 amide bonds. The van der Waals surface area contributed by atoms with Gasteiger partial charge in [0, 0.05) is 11.3 Å². The van der Waals surface area contributed by atoms with Crippen molar-refractivity contribution in [2.45, 2.75) is 24.8 Å². The fraction of sp³-hybridized carbons (Fsp3) is 0.222. The molecule has 2 aromatic carbocycles. The molecule has 0 radical (unpaired) electrons. The van der Waals surface area contributed by atoms with Crippen LogP contribution >= 0.6 is 11.8 Å². The van der Waals surface area contributed by atoms with E-state index >= 15 is 0 Å². The monoisotopic (exact) mass is 343 g/mol. The van der Waals surface area contributed by atoms with Crippen LogP contribution < -0.4 is 4.74 Å². The molecule has 0 spiro atoms. The molecule has 1 heterocycles. The van der Waals surface area contributed by atoms with E-state index in [-0.39, 0.29) is 5.82 Å². The highest BCUT2D eigenvalue weighted by Crippen LogP contribution is 2.29. The third kappa shape index (κ3) is 3.43. The van der Waals surface area contributed by atoms with Crippen LogP contribution in [0.15, 0.2) is 47.9 Å². The van der Waals surface area contributed by atoms with Crippen molar-refractivity contribution in [1.29, 1.82) is 0 Å². The SMILES string of the molecule is COc1ccc(F)cc1CSc1nncn1-c1ccc(C)cc1C. The van der Waals surface area contributed by atoms with Crippen LogP contribution in [0.4, 0.5) is 4.39 Å². The van der Waals surface area contributed by atoms with Gasteiger partial charge in [0.15, 0.2) is 5.16 Å². The highest BCUT2D eigenvalue weighted by atomic mass is 32.2. The molecule has 3 rings (SSSR count). The summed E-state index contributed by atoms with van der Waals surface area (Å²) in [6, 6.07) is 10.8. The Labute approximate surface area is 144 Å². The molecule has 0 saturated heterocycles. The van der Waals surface area contributed by atoms with E-state index in [0.29, 0.717) is 11.5 Å². The zero-order valence-electron chi connectivity index (χ0n) is 13.8. The Morgan fingerprint density at radius 1 is 1.17 bits per heavy atom. The predicted molar refractivity (Wildman–Crippen MR) is 93.3 cm³/mol. The minimum Gasteiger partial charge on any atom is -0.496 e. The molecule has 0 atom stereocenters. The second-order valence-corrected chi connectivity index (χ2v) is 6.46. The first kappa shape index (κ1) is 16.5. The van der Waals surface area contributed by atoms with Gasteiger partial charge in [0.1, 0.15) is 17.9 Å². The summed E-state index contributed by atoms with van der Waals surface area (Å²) in [5.41, 5.74) is 4.19. The van der Waals surface area contributed by atoms with Crippen molar-refractivity contribution in [2.24, 2.45) is 0 Å². The second-order valence-electron chi connectivity index (χ2n) is 5.52. The van der Waals surface area contributed by atoms with E-state index in [1.807, 2.05) is 4.57 Å². The molecule has 4 nitrogen and oxygen atoms in total. The number of hydrogen-bond donors (Lipinski definition) is 0. The quantitative estimate of drug-likeness (QED) is 0.647. The molecule has 3 aromatic rings. The summed E-state index contributed by atoms with van der Waals surface area (Å²) in [5.74, 6) is 0.939. The number of hydrogen-bond acceptors (Lipinski definition) is 4. The van der Waals surface area contributed by atoms with Gasteiger partial charge in [0.25, 0.3) is 0 Å². The maximum absolute atomic E-state index is 13.5. The van der Waals surface area contributed by atoms with E-state index in [1.165, 1.54) is 29.5 Å². The minimum absolute atomic E-state index is 0.276. The van der Waals surface area contributed by atoms with Crippen LogP contribution in [0.2, 0.25) is 0 Å². The molecule has 6 heteroatoms. The van der Waals surface area contributed by atoms with E-state index in [4.69, 9.17) is 4.74 Å². The van der Waals surface area contributed by atoms with Gasteiger partial charge in [-0.1, -0.05) is 29.5 Å². The number of rotatable bonds is 5. The molecule has 0 aliphatic rings. The Balaban J connectivity index is 1.85. The molecule has 0 bridgehead atoms. The predicted octanol–water partition coefficient (Wildman–Crippen LogP) is 4.32. The molecule has 0 saturated carbocycles. The Morgan fingerprint density at radius 3 is 2.75 bits per heavy atom. The summed E-state index contributed by atoms with van der Waals surface area (Å²) in [7, 11) is 1.58. The van der Waals surface area contributed by atoms with Crippen LogP contribution in [0, 0.1) is 19.7 Å². The first-order chi connectivity index (χ1) is 11.6. The summed E-state index contributed by atoms with van der Waals surface area (Å²) in [5, 5.41) is 8.97. The van der Waals surface area contributed by atoms with Gasteiger partial charge in [-0.05, 0) is 43.7 Å². The first-order valence-electron chi connectivity index (χ1n) is 7.51. The largest absolute Gasteiger partial charge is 0.496 e. The fourth-order valence-corrected chi connectivity index (χ4v) is 3.47. The smallest absolute Gasteiger partial charge is 0.195 e. The van der Waals surface area contributed by atoms with Gasteiger partial charge in [-0.3, -0.25) is 4.57 Å². The number of halogens is 1. The summed E-state index contributed by atoms with van der Waals surface area (Å²) in [4.78, 5) is 0. The average Bonchev–Trinajstić information content (AvgIpc) is 3.01. The number of benzene rings is 2. The number of aromatic nitrogens is 3. The third-order valence-electron chi connectivity index (χ3n) is 3.73. The van der Waals surface area contributed by atoms with Crippen LogP contribution in [0.1, 0.15) is 16.7 Å². The Morgan fingerprint density at radius 2 is 2.00 bits per heavy atom. The molecule has 0 fully saturated rings. The molecule has 124 valence electrons. The molecule has 0 aliphatic carbocycles. The first-order valence-corrected chi connectivity index (χ1v) is 8.50. The van der Waals surface area contributed by atoms with E-state index in [2.05, 4.69) is 42.2 Å². The summed E-state index contributed by atoms with van der Waals surface area (Å²) < 4.78 is 20.7. The van der Waals surface area contributed by atoms with Gasteiger partial charge >= 0.3 is 0 Å². The lowest BCUT2D eigenvalue weighted by Crippen LogP contribution is -1.99. The maximum Gasteiger partial charge on any atom is 0.195 e. The standard InChI is InChI=1S/C18H18FN3OS/c1-12-4-6-16(13(2)8-12)22-11-20-21-18(22)24-10-14-9-15(19)5-7-17(14)23-3/h4-9,11H,10H2,1-3H3. The lowest BCUT2D eigenvalue weighted by Gasteiger charge is -2.11. The molecule has 24 heavy (non-hydrogen) atoms. The van der Waals surface area contributed by atoms with Crippen LogP contribution in [-0.2, 0) is 5.75 Å². The topological polar surface area (TPSA) is 39.9 Å². The third-order valence-corrected chi connectivity index (χ3v) is 4.72. The molecule has 0 aliphatic heterocycles. The Hall–Kier alpha value is -2.34. The number of methoxy groups -OCH3 is 1. The van der Waals surface area contributed by atoms with Gasteiger partial charge in [-0.25, -0.2) is 4.39 Å². The Kier molecular flexibility index (Phi) is 4.85. The lowest BCUT2D eigenvalue weighted by atomic mass is 10.1. The minimum atomic E-state index is -0.276. The van der Waals surface area contributed by atoms with Crippen LogP contribution in [0.25, 0.3) is 5.69 Å². The summed E-state index contributed by atoms with van der Waals surface area (Å²) in [6.45, 7) is 4.13. The molecular formula is C18H18FN3OS. The maximum atomic E-state index is 13.5. The van der Waals surface area contributed by atoms with Gasteiger partial charge in [0.05, 0.1) is 12.8 Å². The van der Waals surface area contributed by atoms with Gasteiger partial charge < -0.3 is 4.74 Å². The van der Waals surface area contributed by atoms with Gasteiger partial charge in [0.2, 0.25) is 0 Å². The highest BCUT2D eigenvalue weighted by Gasteiger charge is 2.12. The van der Waals surface area contributed by atoms with Crippen molar-refractivity contribution in [3.05, 3.63) is 65.2 Å². The zero-order chi connectivity index (χ0) is 17.1. The van der Waals surface area contributed by atoms with Crippen molar-refractivity contribution >= 4 is 11.8 Å². The summed E-state index contributed by atoms with van der Waals surface area (Å²) in [6.07, 6.45) is 1.70. The van der Waals surface area contributed by atoms with E-state index < -0.39 is 0 Å². The van der Waals surface area contributed by atoms with Crippen LogP contribution in [0.3, 0.4) is 0 Å². The highest BCUT2D eigenvalue weighted by molar-refractivity contribution is 7.98. The van der Waals surface area contributed by atoms with Crippen LogP contribution in [-0.4, -0.2) is 21.9 Å². The van der Waals surface area contributed by atoms with E-state index in [0.717, 1.165) is 22.0 Å². The average molecular weight is 343 g/mol. The van der Waals surface area contributed by atoms with E-state index in [1.54, 1.807) is 19.5 Å². The van der Waals surface area contributed by atoms with Gasteiger partial charge in [-0.15, -0.1) is 10.2 Å². The van der Waals surface area contributed by atoms with Gasteiger partial charge in [-0.2, -0.15) is 0 Å². The molecule has 0 unspecified atom stereocenters. The molecular weight excluding hydrogens is 325 g/mol. The Bertz CT molecular complexity index is 863. The number of ether oxygens (including phenoxy) is 1. The van der Waals surface area contributed by atoms with Crippen molar-refractivity contribution in [3.63, 3.8) is 0 Å². The summed E-state index contributed by atoms with van der Waals surface area (Å²) >= 11 is 1.50. The second kappa shape index (κ2) is 7.05. The van der Waals surface area contributed by atoms with E-state index in [9.17, 15) is 4.39 Å². The number of thioether (sulfide) groups is 1. The van der Waals surface area contributed by atoms with Crippen molar-refractivity contribution in [1.82, 2.24) is 14.8 Å². The van der Waals surface area contributed by atoms with Crippen LogP contribution in [0.5, 0.6) is 5.75 Å². The number of nitrogens with zero attached hydrogens (tertiary/aromatic N) is 3. The van der Waals surface area contributed by atoms with Crippen molar-refractivity contribution in [3.8, 4) is 11.4 Å². The lowest BCUT2D eigenvalue weighted by molar-refractivity contribution is 0.410. The van der Waals surface area contributed by atoms with Crippen molar-refractivity contribution < 1.29 is 9.13 Å². The van der Waals surface area contributed by atoms with Crippen molar-refractivity contribution in [2.75, 3.05) is 7.11 Å². The molecule has 1 aromatic heterocycles. The molecule has 0 N–H and O–H groups in total. The zero-order valence-corrected chi connectivity index (χ0v) is 14.6. The number of aryl methyl sites for hydroxylation is 2. The fourth-order valence-electron chi connectivity index (χ4n) is 2.57. The normalized spacial score (nSPS) is 10.8.